The van der Waals surface area contributed by atoms with Crippen LogP contribution >= 0.6 is 0 Å². The van der Waals surface area contributed by atoms with Crippen molar-refractivity contribution in [2.24, 2.45) is 10.6 Å². The van der Waals surface area contributed by atoms with E-state index in [1.54, 1.807) is 20.0 Å². The minimum Gasteiger partial charge on any atom is -0.447 e. The van der Waals surface area contributed by atoms with E-state index < -0.39 is 32.1 Å². The number of hydrogen-bond acceptors (Lipinski definition) is 7. The number of anilines is 2. The van der Waals surface area contributed by atoms with Gasteiger partial charge in [-0.05, 0) is 18.5 Å². The Labute approximate surface area is 210 Å². The van der Waals surface area contributed by atoms with Crippen LogP contribution in [0.3, 0.4) is 0 Å². The van der Waals surface area contributed by atoms with Crippen LogP contribution in [0.1, 0.15) is 40.5 Å². The molecule has 3 rings (SSSR count). The predicted octanol–water partition coefficient (Wildman–Crippen LogP) is 3.76. The van der Waals surface area contributed by atoms with Crippen molar-refractivity contribution in [2.45, 2.75) is 59.7 Å². The average molecular weight is 525 g/mol. The Balaban J connectivity index is 1.61. The van der Waals surface area contributed by atoms with Crippen molar-refractivity contribution in [1.82, 2.24) is 5.32 Å². The minimum absolute atomic E-state index is 0.0333. The van der Waals surface area contributed by atoms with E-state index in [0.717, 1.165) is 17.0 Å². The molecule has 0 unspecified atom stereocenters. The van der Waals surface area contributed by atoms with Gasteiger partial charge in [0.1, 0.15) is 11.8 Å². The van der Waals surface area contributed by atoms with Gasteiger partial charge in [0.05, 0.1) is 37.6 Å². The zero-order valence-electron chi connectivity index (χ0n) is 21.6. The summed E-state index contributed by atoms with van der Waals surface area (Å²) in [7, 11) is -2.70. The number of cyclic esters (lactones) is 1. The summed E-state index contributed by atoms with van der Waals surface area (Å²) in [6.07, 6.45) is -0.659. The Kier molecular flexibility index (Phi) is 8.06. The third kappa shape index (κ3) is 6.59. The van der Waals surface area contributed by atoms with Crippen molar-refractivity contribution in [1.29, 1.82) is 0 Å². The van der Waals surface area contributed by atoms with Gasteiger partial charge in [0, 0.05) is 25.0 Å². The number of nitrogens with one attached hydrogen (secondary N) is 1. The van der Waals surface area contributed by atoms with Gasteiger partial charge in [-0.15, -0.1) is 5.16 Å². The maximum atomic E-state index is 14.9. The summed E-state index contributed by atoms with van der Waals surface area (Å²) in [6, 6.07) is 2.17. The Morgan fingerprint density at radius 2 is 1.83 bits per heavy atom. The molecule has 198 valence electrons. The average Bonchev–Trinajstić information content (AvgIpc) is 3.11. The van der Waals surface area contributed by atoms with Gasteiger partial charge in [0.2, 0.25) is 5.91 Å². The molecule has 0 radical (unpaired) electrons. The van der Waals surface area contributed by atoms with Crippen molar-refractivity contribution in [2.75, 3.05) is 36.0 Å². The van der Waals surface area contributed by atoms with Crippen LogP contribution in [0.25, 0.3) is 0 Å². The van der Waals surface area contributed by atoms with Crippen LogP contribution in [0.2, 0.25) is 13.1 Å². The first-order valence-corrected chi connectivity index (χ1v) is 14.9. The molecule has 0 spiro atoms. The number of amides is 2. The molecule has 2 aliphatic rings. The van der Waals surface area contributed by atoms with Crippen LogP contribution in [-0.2, 0) is 18.9 Å². The molecule has 0 bridgehead atoms. The number of oxime groups is 1. The van der Waals surface area contributed by atoms with E-state index >= 15 is 0 Å². The lowest BCUT2D eigenvalue weighted by Gasteiger charge is -2.35. The minimum atomic E-state index is -2.70. The van der Waals surface area contributed by atoms with Gasteiger partial charge < -0.3 is 24.3 Å². The van der Waals surface area contributed by atoms with E-state index in [1.807, 2.05) is 20.8 Å². The fraction of sp³-hybridized carbons (Fsp3) is 0.583. The van der Waals surface area contributed by atoms with Crippen molar-refractivity contribution in [3.05, 3.63) is 23.8 Å². The second-order valence-corrected chi connectivity index (χ2v) is 14.6. The monoisotopic (exact) mass is 524 g/mol. The molecule has 2 heterocycles. The van der Waals surface area contributed by atoms with Crippen LogP contribution in [0.4, 0.5) is 25.0 Å². The summed E-state index contributed by atoms with van der Waals surface area (Å²) >= 11 is 0. The molecule has 1 aromatic rings. The number of rotatable bonds is 9. The third-order valence-corrected chi connectivity index (χ3v) is 7.93. The third-order valence-electron chi connectivity index (χ3n) is 5.86. The van der Waals surface area contributed by atoms with Gasteiger partial charge >= 0.3 is 14.4 Å². The highest BCUT2D eigenvalue weighted by molar-refractivity contribution is 6.99. The highest BCUT2D eigenvalue weighted by atomic mass is 28.4. The lowest BCUT2D eigenvalue weighted by atomic mass is 9.93. The Morgan fingerprint density at radius 3 is 2.39 bits per heavy atom. The molecule has 1 atom stereocenters. The molecule has 0 aromatic heterocycles. The predicted molar refractivity (Wildman–Crippen MR) is 135 cm³/mol. The van der Waals surface area contributed by atoms with E-state index in [1.165, 1.54) is 4.90 Å². The fourth-order valence-corrected chi connectivity index (χ4v) is 5.15. The number of benzene rings is 1. The van der Waals surface area contributed by atoms with Crippen molar-refractivity contribution >= 4 is 42.8 Å². The number of carbonyl (C=O) groups is 3. The molecule has 12 heteroatoms. The molecule has 2 aliphatic heterocycles. The fourth-order valence-electron chi connectivity index (χ4n) is 3.74. The smallest absolute Gasteiger partial charge is 0.414 e. The number of halogens is 2. The molecule has 1 N–H and O–H groups in total. The van der Waals surface area contributed by atoms with Gasteiger partial charge in [-0.25, -0.2) is 13.6 Å². The summed E-state index contributed by atoms with van der Waals surface area (Å²) in [5.74, 6) is -1.83. The maximum Gasteiger partial charge on any atom is 0.414 e. The van der Waals surface area contributed by atoms with Gasteiger partial charge in [0.25, 0.3) is 0 Å². The molecule has 2 amide bonds. The number of carbonyl (C=O) groups excluding carboxylic acids is 3. The van der Waals surface area contributed by atoms with Crippen LogP contribution < -0.4 is 15.1 Å². The molecule has 36 heavy (non-hydrogen) atoms. The summed E-state index contributed by atoms with van der Waals surface area (Å²) in [4.78, 5) is 38.8. The summed E-state index contributed by atoms with van der Waals surface area (Å²) < 4.78 is 40.6. The van der Waals surface area contributed by atoms with Gasteiger partial charge in [-0.3, -0.25) is 9.69 Å². The van der Waals surface area contributed by atoms with E-state index in [2.05, 4.69) is 10.5 Å². The Morgan fingerprint density at radius 1 is 1.22 bits per heavy atom. The Hall–Kier alpha value is -3.02. The normalized spacial score (nSPS) is 18.1. The largest absolute Gasteiger partial charge is 0.447 e. The van der Waals surface area contributed by atoms with Crippen molar-refractivity contribution in [3.63, 3.8) is 0 Å². The number of hydrogen-bond donors (Lipinski definition) is 1. The van der Waals surface area contributed by atoms with Gasteiger partial charge in [-0.2, -0.15) is 0 Å². The van der Waals surface area contributed by atoms with Crippen LogP contribution in [0, 0.1) is 17.0 Å². The first kappa shape index (κ1) is 27.6. The standard InChI is InChI=1S/C24H34F2N4O5Si/c1-7-20(31)27-11-17-14-30(23(33)34-17)16-8-18(25)22(19(26)9-16)29-12-15(13-29)28-35-36(5,6)21(32)10-24(2,3)4/h8-9,17H,7,10-14H2,1-6H3,(H,27,31)/t17-/m0/s1. The Bertz CT molecular complexity index is 1040. The van der Waals surface area contributed by atoms with Crippen molar-refractivity contribution in [3.8, 4) is 0 Å². The zero-order valence-corrected chi connectivity index (χ0v) is 22.6. The van der Waals surface area contributed by atoms with Crippen LogP contribution in [0.15, 0.2) is 17.3 Å². The molecular weight excluding hydrogens is 490 g/mol. The van der Waals surface area contributed by atoms with E-state index in [0.29, 0.717) is 18.6 Å². The highest BCUT2D eigenvalue weighted by Gasteiger charge is 2.39. The lowest BCUT2D eigenvalue weighted by Crippen LogP contribution is -2.49. The lowest BCUT2D eigenvalue weighted by molar-refractivity contribution is -0.121. The van der Waals surface area contributed by atoms with E-state index in [4.69, 9.17) is 9.26 Å². The second kappa shape index (κ2) is 10.5. The summed E-state index contributed by atoms with van der Waals surface area (Å²) in [6.45, 7) is 11.7. The molecule has 9 nitrogen and oxygen atoms in total. The van der Waals surface area contributed by atoms with Gasteiger partial charge in [-0.1, -0.05) is 27.7 Å². The molecule has 0 aliphatic carbocycles. The van der Waals surface area contributed by atoms with Gasteiger partial charge in [0.15, 0.2) is 17.0 Å². The maximum absolute atomic E-state index is 14.9. The molecule has 0 saturated carbocycles. The highest BCUT2D eigenvalue weighted by Crippen LogP contribution is 2.33. The first-order chi connectivity index (χ1) is 16.7. The second-order valence-electron chi connectivity index (χ2n) is 10.8. The van der Waals surface area contributed by atoms with E-state index in [9.17, 15) is 23.2 Å². The first-order valence-electron chi connectivity index (χ1n) is 12.0. The molecule has 1 aromatic carbocycles. The van der Waals surface area contributed by atoms with E-state index in [-0.39, 0.29) is 54.3 Å². The van der Waals surface area contributed by atoms with Crippen LogP contribution in [0.5, 0.6) is 0 Å². The summed E-state index contributed by atoms with van der Waals surface area (Å²) in [5.41, 5.74) is 0.245. The molecule has 2 fully saturated rings. The number of nitrogens with zero attached hydrogens (tertiary/aromatic N) is 3. The quantitative estimate of drug-likeness (QED) is 0.390. The number of ether oxygens (including phenoxy) is 1. The topological polar surface area (TPSA) is 101 Å². The van der Waals surface area contributed by atoms with Crippen molar-refractivity contribution < 1.29 is 32.4 Å². The SMILES string of the molecule is CCC(=O)NC[C@H]1CN(c2cc(F)c(N3CC(=NO[Si](C)(C)C(=O)CC(C)(C)C)C3)c(F)c2)C(=O)O1. The summed E-state index contributed by atoms with van der Waals surface area (Å²) in [5, 5.41) is 6.78. The molecule has 2 saturated heterocycles. The molecular formula is C24H34F2N4O5Si. The van der Waals surface area contributed by atoms with Crippen LogP contribution in [-0.4, -0.2) is 63.7 Å². The zero-order chi connectivity index (χ0) is 26.8.